The lowest BCUT2D eigenvalue weighted by molar-refractivity contribution is 0.309. The highest BCUT2D eigenvalue weighted by Crippen LogP contribution is 2.25. The number of hydrogen-bond donors (Lipinski definition) is 0. The van der Waals surface area contributed by atoms with Gasteiger partial charge in [-0.25, -0.2) is 0 Å². The van der Waals surface area contributed by atoms with Crippen LogP contribution in [0, 0.1) is 23.7 Å². The van der Waals surface area contributed by atoms with Crippen molar-refractivity contribution in [1.29, 1.82) is 0 Å². The Morgan fingerprint density at radius 1 is 0.688 bits per heavy atom. The summed E-state index contributed by atoms with van der Waals surface area (Å²) in [6.45, 7) is 14.2. The predicted octanol–water partition coefficient (Wildman–Crippen LogP) is 5.91. The van der Waals surface area contributed by atoms with Gasteiger partial charge in [-0.15, -0.1) is 0 Å². The lowest BCUT2D eigenvalue weighted by Gasteiger charge is -2.21. The third-order valence-electron chi connectivity index (χ3n) is 4.22. The molecule has 0 spiro atoms. The van der Waals surface area contributed by atoms with Crippen molar-refractivity contribution in [3.63, 3.8) is 0 Å². The minimum absolute atomic E-state index is 0.858. The maximum Gasteiger partial charge on any atom is -0.0391 e. The molecule has 0 saturated carbocycles. The lowest BCUT2D eigenvalue weighted by atomic mass is 9.85. The van der Waals surface area contributed by atoms with Crippen LogP contribution in [-0.2, 0) is 0 Å². The van der Waals surface area contributed by atoms with E-state index in [4.69, 9.17) is 0 Å². The smallest absolute Gasteiger partial charge is 0.0391 e. The van der Waals surface area contributed by atoms with Crippen LogP contribution in [-0.4, -0.2) is 0 Å². The molecule has 2 atom stereocenters. The molecular weight excluding hydrogens is 192 g/mol. The average molecular weight is 226 g/mol. The Kier molecular flexibility index (Phi) is 9.07. The van der Waals surface area contributed by atoms with Crippen LogP contribution in [0.4, 0.5) is 0 Å². The Labute approximate surface area is 104 Å². The molecule has 0 heteroatoms. The van der Waals surface area contributed by atoms with Crippen molar-refractivity contribution in [1.82, 2.24) is 0 Å². The Morgan fingerprint density at radius 2 is 1.25 bits per heavy atom. The fourth-order valence-electron chi connectivity index (χ4n) is 2.39. The van der Waals surface area contributed by atoms with Gasteiger partial charge in [0, 0.05) is 0 Å². The first-order chi connectivity index (χ1) is 7.49. The molecule has 0 aromatic heterocycles. The fourth-order valence-corrected chi connectivity index (χ4v) is 2.39. The van der Waals surface area contributed by atoms with Crippen LogP contribution in [0.5, 0.6) is 0 Å². The van der Waals surface area contributed by atoms with Gasteiger partial charge in [0.15, 0.2) is 0 Å². The third-order valence-corrected chi connectivity index (χ3v) is 4.22. The topological polar surface area (TPSA) is 0 Å². The van der Waals surface area contributed by atoms with Gasteiger partial charge in [0.25, 0.3) is 0 Å². The van der Waals surface area contributed by atoms with Crippen LogP contribution in [0.1, 0.15) is 80.1 Å². The molecule has 0 N–H and O–H groups in total. The molecule has 0 radical (unpaired) electrons. The maximum atomic E-state index is 2.40. The molecule has 0 bridgehead atoms. The molecule has 0 fully saturated rings. The highest BCUT2D eigenvalue weighted by Gasteiger charge is 2.12. The van der Waals surface area contributed by atoms with Crippen molar-refractivity contribution in [2.75, 3.05) is 0 Å². The van der Waals surface area contributed by atoms with Crippen molar-refractivity contribution in [2.24, 2.45) is 23.7 Å². The van der Waals surface area contributed by atoms with Gasteiger partial charge in [0.05, 0.1) is 0 Å². The van der Waals surface area contributed by atoms with Crippen molar-refractivity contribution in [3.8, 4) is 0 Å². The Bertz CT molecular complexity index is 146. The van der Waals surface area contributed by atoms with E-state index >= 15 is 0 Å². The number of unbranched alkanes of at least 4 members (excludes halogenated alkanes) is 1. The molecule has 0 aromatic carbocycles. The summed E-state index contributed by atoms with van der Waals surface area (Å²) < 4.78 is 0. The molecule has 98 valence electrons. The minimum atomic E-state index is 0.858. The normalized spacial score (nSPS) is 15.8. The van der Waals surface area contributed by atoms with E-state index in [1.807, 2.05) is 0 Å². The quantitative estimate of drug-likeness (QED) is 0.429. The van der Waals surface area contributed by atoms with E-state index in [1.54, 1.807) is 0 Å². The van der Waals surface area contributed by atoms with Gasteiger partial charge >= 0.3 is 0 Å². The molecular formula is C16H34. The molecule has 0 aliphatic carbocycles. The van der Waals surface area contributed by atoms with Crippen molar-refractivity contribution in [2.45, 2.75) is 80.1 Å². The van der Waals surface area contributed by atoms with Gasteiger partial charge in [-0.05, 0) is 23.7 Å². The largest absolute Gasteiger partial charge is 0.0654 e. The maximum absolute atomic E-state index is 2.40. The molecule has 0 aromatic rings. The summed E-state index contributed by atoms with van der Waals surface area (Å²) in [5.41, 5.74) is 0. The zero-order chi connectivity index (χ0) is 12.6. The van der Waals surface area contributed by atoms with Crippen LogP contribution in [0.3, 0.4) is 0 Å². The molecule has 0 rings (SSSR count). The van der Waals surface area contributed by atoms with Crippen molar-refractivity contribution >= 4 is 0 Å². The second-order valence-electron chi connectivity index (χ2n) is 6.30. The highest BCUT2D eigenvalue weighted by atomic mass is 14.2. The molecule has 0 aliphatic rings. The van der Waals surface area contributed by atoms with E-state index in [0.29, 0.717) is 0 Å². The summed E-state index contributed by atoms with van der Waals surface area (Å²) in [6.07, 6.45) is 8.54. The zero-order valence-electron chi connectivity index (χ0n) is 12.6. The standard InChI is InChI=1S/C16H34/c1-7-10-16(14(4)5)12-9-8-11-15(6)13(2)3/h13-16H,7-12H2,1-6H3. The van der Waals surface area contributed by atoms with E-state index in [-0.39, 0.29) is 0 Å². The van der Waals surface area contributed by atoms with E-state index in [2.05, 4.69) is 41.5 Å². The first-order valence-corrected chi connectivity index (χ1v) is 7.49. The second kappa shape index (κ2) is 9.07. The van der Waals surface area contributed by atoms with Gasteiger partial charge in [0.1, 0.15) is 0 Å². The van der Waals surface area contributed by atoms with Crippen molar-refractivity contribution in [3.05, 3.63) is 0 Å². The van der Waals surface area contributed by atoms with E-state index in [0.717, 1.165) is 23.7 Å². The van der Waals surface area contributed by atoms with Crippen LogP contribution in [0.25, 0.3) is 0 Å². The van der Waals surface area contributed by atoms with Crippen LogP contribution >= 0.6 is 0 Å². The predicted molar refractivity (Wildman–Crippen MR) is 75.7 cm³/mol. The minimum Gasteiger partial charge on any atom is -0.0654 e. The summed E-state index contributed by atoms with van der Waals surface area (Å²) in [4.78, 5) is 0. The molecule has 2 unspecified atom stereocenters. The van der Waals surface area contributed by atoms with Gasteiger partial charge < -0.3 is 0 Å². The summed E-state index contributed by atoms with van der Waals surface area (Å²) in [5.74, 6) is 3.61. The first kappa shape index (κ1) is 16.0. The molecule has 0 heterocycles. The monoisotopic (exact) mass is 226 g/mol. The van der Waals surface area contributed by atoms with Gasteiger partial charge in [-0.2, -0.15) is 0 Å². The molecule has 16 heavy (non-hydrogen) atoms. The molecule has 0 amide bonds. The lowest BCUT2D eigenvalue weighted by Crippen LogP contribution is -2.09. The second-order valence-corrected chi connectivity index (χ2v) is 6.30. The van der Waals surface area contributed by atoms with E-state index in [1.165, 1.54) is 38.5 Å². The summed E-state index contributed by atoms with van der Waals surface area (Å²) in [5, 5.41) is 0. The summed E-state index contributed by atoms with van der Waals surface area (Å²) >= 11 is 0. The summed E-state index contributed by atoms with van der Waals surface area (Å²) in [7, 11) is 0. The van der Waals surface area contributed by atoms with Crippen LogP contribution in [0.2, 0.25) is 0 Å². The number of hydrogen-bond acceptors (Lipinski definition) is 0. The zero-order valence-corrected chi connectivity index (χ0v) is 12.6. The molecule has 0 saturated heterocycles. The SMILES string of the molecule is CCCC(CCCCC(C)C(C)C)C(C)C. The molecule has 0 nitrogen and oxygen atoms in total. The van der Waals surface area contributed by atoms with Crippen LogP contribution < -0.4 is 0 Å². The van der Waals surface area contributed by atoms with Gasteiger partial charge in [-0.1, -0.05) is 80.1 Å². The average Bonchev–Trinajstić information content (AvgIpc) is 2.21. The fraction of sp³-hybridized carbons (Fsp3) is 1.00. The van der Waals surface area contributed by atoms with E-state index < -0.39 is 0 Å². The van der Waals surface area contributed by atoms with E-state index in [9.17, 15) is 0 Å². The Morgan fingerprint density at radius 3 is 1.69 bits per heavy atom. The number of rotatable bonds is 9. The highest BCUT2D eigenvalue weighted by molar-refractivity contribution is 4.64. The van der Waals surface area contributed by atoms with Crippen LogP contribution in [0.15, 0.2) is 0 Å². The van der Waals surface area contributed by atoms with Crippen molar-refractivity contribution < 1.29 is 0 Å². The Balaban J connectivity index is 3.62. The van der Waals surface area contributed by atoms with Gasteiger partial charge in [0.2, 0.25) is 0 Å². The first-order valence-electron chi connectivity index (χ1n) is 7.49. The molecule has 0 aliphatic heterocycles. The van der Waals surface area contributed by atoms with Gasteiger partial charge in [-0.3, -0.25) is 0 Å². The summed E-state index contributed by atoms with van der Waals surface area (Å²) in [6, 6.07) is 0. The Hall–Kier alpha value is 0. The third kappa shape index (κ3) is 7.30.